The minimum atomic E-state index is -0.284. The van der Waals surface area contributed by atoms with Gasteiger partial charge in [0.2, 0.25) is 5.95 Å². The summed E-state index contributed by atoms with van der Waals surface area (Å²) in [5.41, 5.74) is 0.269. The van der Waals surface area contributed by atoms with Gasteiger partial charge in [-0.2, -0.15) is 10.1 Å². The number of nitrogens with one attached hydrogen (secondary N) is 3. The van der Waals surface area contributed by atoms with E-state index in [0.717, 1.165) is 26.2 Å². The predicted octanol–water partition coefficient (Wildman–Crippen LogP) is 0.357. The minimum Gasteiger partial charge on any atom is -0.372 e. The van der Waals surface area contributed by atoms with Gasteiger partial charge >= 0.3 is 0 Å². The maximum Gasteiger partial charge on any atom is 0.277 e. The highest BCUT2D eigenvalue weighted by Crippen LogP contribution is 2.19. The second kappa shape index (κ2) is 7.51. The highest BCUT2D eigenvalue weighted by Gasteiger charge is 2.17. The van der Waals surface area contributed by atoms with Crippen molar-refractivity contribution in [3.05, 3.63) is 29.2 Å². The van der Waals surface area contributed by atoms with E-state index in [1.165, 1.54) is 0 Å². The fraction of sp³-hybridized carbons (Fsp3) is 0.429. The van der Waals surface area contributed by atoms with Gasteiger partial charge in [0.15, 0.2) is 0 Å². The van der Waals surface area contributed by atoms with Crippen molar-refractivity contribution in [1.82, 2.24) is 25.5 Å². The van der Waals surface area contributed by atoms with Gasteiger partial charge in [0, 0.05) is 33.2 Å². The third kappa shape index (κ3) is 3.40. The molecule has 2 aromatic heterocycles. The van der Waals surface area contributed by atoms with Crippen LogP contribution < -0.4 is 21.1 Å². The molecule has 0 radical (unpaired) electrons. The Hall–Kier alpha value is -2.48. The highest BCUT2D eigenvalue weighted by atomic mass is 16.1. The molecule has 0 aliphatic carbocycles. The first-order valence-electron chi connectivity index (χ1n) is 7.17. The number of hydrogen-bond donors (Lipinski definition) is 3. The summed E-state index contributed by atoms with van der Waals surface area (Å²) < 4.78 is 0. The molecule has 1 fully saturated rings. The minimum absolute atomic E-state index is 0.284. The molecule has 0 bridgehead atoms. The molecule has 22 heavy (non-hydrogen) atoms. The number of anilines is 2. The second-order valence-electron chi connectivity index (χ2n) is 4.73. The first-order chi connectivity index (χ1) is 10.7. The van der Waals surface area contributed by atoms with Gasteiger partial charge in [-0.15, -0.1) is 6.58 Å². The number of aromatic nitrogens is 4. The lowest BCUT2D eigenvalue weighted by molar-refractivity contribution is 0.580. The van der Waals surface area contributed by atoms with Crippen LogP contribution in [0.2, 0.25) is 0 Å². The molecule has 1 aliphatic rings. The van der Waals surface area contributed by atoms with Crippen molar-refractivity contribution in [2.75, 3.05) is 43.4 Å². The number of piperazine rings is 1. The van der Waals surface area contributed by atoms with Gasteiger partial charge < -0.3 is 15.5 Å². The zero-order valence-electron chi connectivity index (χ0n) is 12.9. The Morgan fingerprint density at radius 2 is 2.05 bits per heavy atom. The smallest absolute Gasteiger partial charge is 0.277 e. The molecule has 0 amide bonds. The maximum atomic E-state index is 11.8. The van der Waals surface area contributed by atoms with Crippen LogP contribution in [0, 0.1) is 0 Å². The molecule has 1 aliphatic heterocycles. The van der Waals surface area contributed by atoms with Crippen LogP contribution in [-0.4, -0.2) is 53.4 Å². The molecule has 0 aromatic carbocycles. The van der Waals surface area contributed by atoms with Crippen molar-refractivity contribution in [3.63, 3.8) is 0 Å². The fourth-order valence-electron chi connectivity index (χ4n) is 2.18. The Bertz CT molecular complexity index is 691. The molecule has 3 heterocycles. The predicted molar refractivity (Wildman–Crippen MR) is 88.5 cm³/mol. The number of aromatic amines is 1. The summed E-state index contributed by atoms with van der Waals surface area (Å²) in [6.45, 7) is 8.77. The van der Waals surface area contributed by atoms with E-state index in [-0.39, 0.29) is 5.56 Å². The van der Waals surface area contributed by atoms with Crippen LogP contribution in [-0.2, 0) is 0 Å². The molecule has 0 spiro atoms. The van der Waals surface area contributed by atoms with E-state index in [2.05, 4.69) is 42.3 Å². The van der Waals surface area contributed by atoms with Gasteiger partial charge in [0.05, 0.1) is 6.20 Å². The Labute approximate surface area is 128 Å². The standard InChI is InChI=1S/C11H15N7O.C3H6/c1-12-9-8-7(6-14-17-10(8)19)15-11(16-9)18-4-2-13-3-5-18;1-3-2/h6,13H,2-5H2,1H3,(H,17,19)(H,12,15,16);3H,1H2,2H3. The van der Waals surface area contributed by atoms with Crippen LogP contribution in [0.15, 0.2) is 23.6 Å². The van der Waals surface area contributed by atoms with Crippen LogP contribution in [0.4, 0.5) is 11.8 Å². The van der Waals surface area contributed by atoms with Crippen LogP contribution in [0.5, 0.6) is 0 Å². The Morgan fingerprint density at radius 3 is 2.68 bits per heavy atom. The monoisotopic (exact) mass is 303 g/mol. The van der Waals surface area contributed by atoms with Gasteiger partial charge in [0.25, 0.3) is 5.56 Å². The van der Waals surface area contributed by atoms with E-state index in [4.69, 9.17) is 0 Å². The van der Waals surface area contributed by atoms with Crippen LogP contribution >= 0.6 is 0 Å². The molecule has 8 nitrogen and oxygen atoms in total. The van der Waals surface area contributed by atoms with E-state index in [1.54, 1.807) is 19.3 Å². The van der Waals surface area contributed by atoms with E-state index in [1.807, 2.05) is 6.92 Å². The van der Waals surface area contributed by atoms with Gasteiger partial charge in [-0.1, -0.05) is 6.08 Å². The number of H-pyrrole nitrogens is 1. The first kappa shape index (κ1) is 15.9. The molecule has 0 unspecified atom stereocenters. The van der Waals surface area contributed by atoms with Gasteiger partial charge in [-0.05, 0) is 6.92 Å². The summed E-state index contributed by atoms with van der Waals surface area (Å²) in [6, 6.07) is 0. The first-order valence-corrected chi connectivity index (χ1v) is 7.17. The summed E-state index contributed by atoms with van der Waals surface area (Å²) in [7, 11) is 1.74. The molecule has 1 saturated heterocycles. The molecule has 0 saturated carbocycles. The van der Waals surface area contributed by atoms with E-state index >= 15 is 0 Å². The lowest BCUT2D eigenvalue weighted by Gasteiger charge is -2.27. The third-order valence-electron chi connectivity index (χ3n) is 3.14. The van der Waals surface area contributed by atoms with Crippen LogP contribution in [0.25, 0.3) is 10.9 Å². The molecule has 3 rings (SSSR count). The van der Waals surface area contributed by atoms with E-state index < -0.39 is 0 Å². The summed E-state index contributed by atoms with van der Waals surface area (Å²) in [6.07, 6.45) is 3.30. The van der Waals surface area contributed by atoms with Crippen LogP contribution in [0.1, 0.15) is 6.92 Å². The molecular formula is C14H21N7O. The van der Waals surface area contributed by atoms with E-state index in [0.29, 0.717) is 22.7 Å². The van der Waals surface area contributed by atoms with Gasteiger partial charge in [0.1, 0.15) is 16.7 Å². The zero-order valence-corrected chi connectivity index (χ0v) is 12.9. The maximum absolute atomic E-state index is 11.8. The molecule has 118 valence electrons. The number of fused-ring (bicyclic) bond motifs is 1. The van der Waals surface area contributed by atoms with Crippen molar-refractivity contribution < 1.29 is 0 Å². The van der Waals surface area contributed by atoms with Crippen molar-refractivity contribution in [2.45, 2.75) is 6.92 Å². The lowest BCUT2D eigenvalue weighted by Crippen LogP contribution is -2.44. The Balaban J connectivity index is 0.000000545. The number of nitrogens with zero attached hydrogens (tertiary/aromatic N) is 4. The largest absolute Gasteiger partial charge is 0.372 e. The van der Waals surface area contributed by atoms with E-state index in [9.17, 15) is 4.79 Å². The normalized spacial score (nSPS) is 14.2. The Morgan fingerprint density at radius 1 is 1.36 bits per heavy atom. The topological polar surface area (TPSA) is 98.8 Å². The number of rotatable bonds is 2. The average Bonchev–Trinajstić information content (AvgIpc) is 2.55. The van der Waals surface area contributed by atoms with Crippen molar-refractivity contribution >= 4 is 22.7 Å². The summed E-state index contributed by atoms with van der Waals surface area (Å²) in [4.78, 5) is 22.7. The summed E-state index contributed by atoms with van der Waals surface area (Å²) >= 11 is 0. The van der Waals surface area contributed by atoms with Crippen molar-refractivity contribution in [3.8, 4) is 0 Å². The van der Waals surface area contributed by atoms with Crippen molar-refractivity contribution in [2.24, 2.45) is 0 Å². The lowest BCUT2D eigenvalue weighted by atomic mass is 10.3. The summed E-state index contributed by atoms with van der Waals surface area (Å²) in [5, 5.41) is 12.9. The molecule has 3 N–H and O–H groups in total. The molecule has 2 aromatic rings. The third-order valence-corrected chi connectivity index (χ3v) is 3.14. The second-order valence-corrected chi connectivity index (χ2v) is 4.73. The molecule has 0 atom stereocenters. The summed E-state index contributed by atoms with van der Waals surface area (Å²) in [5.74, 6) is 1.16. The SMILES string of the molecule is C=CC.CNc1nc(N2CCNCC2)nc2cn[nH]c(=O)c12. The number of hydrogen-bond acceptors (Lipinski definition) is 7. The number of allylic oxidation sites excluding steroid dienone is 1. The van der Waals surface area contributed by atoms with Crippen molar-refractivity contribution in [1.29, 1.82) is 0 Å². The highest BCUT2D eigenvalue weighted by molar-refractivity contribution is 5.88. The van der Waals surface area contributed by atoms with Gasteiger partial charge in [-0.25, -0.2) is 10.1 Å². The van der Waals surface area contributed by atoms with Gasteiger partial charge in [-0.3, -0.25) is 4.79 Å². The van der Waals surface area contributed by atoms with Crippen LogP contribution in [0.3, 0.4) is 0 Å². The molecular weight excluding hydrogens is 282 g/mol. The average molecular weight is 303 g/mol. The fourth-order valence-corrected chi connectivity index (χ4v) is 2.18. The molecule has 8 heteroatoms. The Kier molecular flexibility index (Phi) is 5.42. The zero-order chi connectivity index (χ0) is 15.9. The quantitative estimate of drug-likeness (QED) is 0.689.